The van der Waals surface area contributed by atoms with Gasteiger partial charge in [0.1, 0.15) is 0 Å². The summed E-state index contributed by atoms with van der Waals surface area (Å²) in [7, 11) is -3.27. The minimum absolute atomic E-state index is 0.0580. The second kappa shape index (κ2) is 4.46. The molecule has 17 heavy (non-hydrogen) atoms. The summed E-state index contributed by atoms with van der Waals surface area (Å²) in [6.07, 6.45) is 1.31. The van der Waals surface area contributed by atoms with Crippen molar-refractivity contribution in [3.05, 3.63) is 30.3 Å². The Hall–Kier alpha value is -1.40. The molecule has 5 nitrogen and oxygen atoms in total. The van der Waals surface area contributed by atoms with Crippen molar-refractivity contribution < 1.29 is 13.2 Å². The predicted octanol–water partition coefficient (Wildman–Crippen LogP) is 0.341. The monoisotopic (exact) mass is 254 g/mol. The van der Waals surface area contributed by atoms with Crippen LogP contribution in [-0.2, 0) is 14.8 Å². The van der Waals surface area contributed by atoms with Crippen molar-refractivity contribution in [3.8, 4) is 0 Å². The Balaban J connectivity index is 2.11. The van der Waals surface area contributed by atoms with Crippen molar-refractivity contribution in [2.75, 3.05) is 17.7 Å². The number of benzene rings is 1. The van der Waals surface area contributed by atoms with E-state index in [1.807, 2.05) is 30.3 Å². The second-order valence-corrected chi connectivity index (χ2v) is 5.91. The van der Waals surface area contributed by atoms with Gasteiger partial charge in [0.2, 0.25) is 15.9 Å². The summed E-state index contributed by atoms with van der Waals surface area (Å²) in [4.78, 5) is 13.4. The first-order valence-corrected chi connectivity index (χ1v) is 7.17. The molecule has 0 bridgehead atoms. The molecule has 0 radical (unpaired) electrons. The van der Waals surface area contributed by atoms with Gasteiger partial charge in [0, 0.05) is 24.7 Å². The SMILES string of the molecule is CS(=O)(=O)N[C@H]1CC(=O)N(c2ccccc2)C1. The molecule has 1 saturated heterocycles. The minimum atomic E-state index is -3.27. The molecule has 1 atom stereocenters. The lowest BCUT2D eigenvalue weighted by molar-refractivity contribution is -0.117. The summed E-state index contributed by atoms with van der Waals surface area (Å²) in [6.45, 7) is 0.385. The number of amides is 1. The Morgan fingerprint density at radius 1 is 1.29 bits per heavy atom. The fourth-order valence-corrected chi connectivity index (χ4v) is 2.71. The number of rotatable bonds is 3. The number of anilines is 1. The van der Waals surface area contributed by atoms with Crippen LogP contribution in [0, 0.1) is 0 Å². The third kappa shape index (κ3) is 3.04. The maximum absolute atomic E-state index is 11.8. The molecular weight excluding hydrogens is 240 g/mol. The lowest BCUT2D eigenvalue weighted by atomic mass is 10.3. The highest BCUT2D eigenvalue weighted by Crippen LogP contribution is 2.21. The van der Waals surface area contributed by atoms with Crippen LogP contribution in [0.1, 0.15) is 6.42 Å². The van der Waals surface area contributed by atoms with Crippen molar-refractivity contribution >= 4 is 21.6 Å². The van der Waals surface area contributed by atoms with E-state index in [2.05, 4.69) is 4.72 Å². The molecule has 1 aliphatic rings. The van der Waals surface area contributed by atoms with E-state index in [0.29, 0.717) is 6.54 Å². The minimum Gasteiger partial charge on any atom is -0.311 e. The molecular formula is C11H14N2O3S. The maximum Gasteiger partial charge on any atom is 0.228 e. The summed E-state index contributed by atoms with van der Waals surface area (Å²) in [5.41, 5.74) is 0.801. The van der Waals surface area contributed by atoms with Gasteiger partial charge in [-0.2, -0.15) is 0 Å². The Bertz CT molecular complexity index is 513. The lowest BCUT2D eigenvalue weighted by Gasteiger charge is -2.16. The molecule has 1 aromatic rings. The van der Waals surface area contributed by atoms with E-state index >= 15 is 0 Å². The first kappa shape index (κ1) is 12.1. The smallest absolute Gasteiger partial charge is 0.228 e. The molecule has 0 saturated carbocycles. The van der Waals surface area contributed by atoms with Crippen LogP contribution < -0.4 is 9.62 Å². The van der Waals surface area contributed by atoms with Gasteiger partial charge in [-0.05, 0) is 12.1 Å². The number of sulfonamides is 1. The fourth-order valence-electron chi connectivity index (χ4n) is 1.95. The Morgan fingerprint density at radius 2 is 1.94 bits per heavy atom. The fraction of sp³-hybridized carbons (Fsp3) is 0.364. The highest BCUT2D eigenvalue weighted by Gasteiger charge is 2.31. The van der Waals surface area contributed by atoms with Crippen LogP contribution in [0.5, 0.6) is 0 Å². The van der Waals surface area contributed by atoms with Crippen LogP contribution in [0.4, 0.5) is 5.69 Å². The number of nitrogens with zero attached hydrogens (tertiary/aromatic N) is 1. The number of nitrogens with one attached hydrogen (secondary N) is 1. The predicted molar refractivity (Wildman–Crippen MR) is 65.2 cm³/mol. The summed E-state index contributed by atoms with van der Waals surface area (Å²) in [5.74, 6) is -0.0580. The van der Waals surface area contributed by atoms with Crippen molar-refractivity contribution in [2.24, 2.45) is 0 Å². The van der Waals surface area contributed by atoms with Gasteiger partial charge in [-0.1, -0.05) is 18.2 Å². The lowest BCUT2D eigenvalue weighted by Crippen LogP contribution is -2.36. The second-order valence-electron chi connectivity index (χ2n) is 4.13. The molecule has 0 spiro atoms. The van der Waals surface area contributed by atoms with Gasteiger partial charge in [-0.15, -0.1) is 0 Å². The number of carbonyl (C=O) groups excluding carboxylic acids is 1. The van der Waals surface area contributed by atoms with Crippen LogP contribution >= 0.6 is 0 Å². The summed E-state index contributed by atoms with van der Waals surface area (Å²) in [6, 6.07) is 8.90. The van der Waals surface area contributed by atoms with Crippen LogP contribution in [0.2, 0.25) is 0 Å². The van der Waals surface area contributed by atoms with E-state index in [4.69, 9.17) is 0 Å². The van der Waals surface area contributed by atoms with Gasteiger partial charge in [0.05, 0.1) is 6.26 Å². The van der Waals surface area contributed by atoms with Crippen LogP contribution in [0.15, 0.2) is 30.3 Å². The van der Waals surface area contributed by atoms with Crippen molar-refractivity contribution in [2.45, 2.75) is 12.5 Å². The Kier molecular flexibility index (Phi) is 3.17. The van der Waals surface area contributed by atoms with E-state index in [9.17, 15) is 13.2 Å². The van der Waals surface area contributed by atoms with Crippen molar-refractivity contribution in [1.82, 2.24) is 4.72 Å². The first-order valence-electron chi connectivity index (χ1n) is 5.28. The zero-order chi connectivity index (χ0) is 12.5. The summed E-state index contributed by atoms with van der Waals surface area (Å²) >= 11 is 0. The van der Waals surface area contributed by atoms with Crippen LogP contribution in [0.3, 0.4) is 0 Å². The molecule has 1 aromatic carbocycles. The average Bonchev–Trinajstić information content (AvgIpc) is 2.58. The summed E-state index contributed by atoms with van der Waals surface area (Å²) < 4.78 is 24.7. The number of hydrogen-bond donors (Lipinski definition) is 1. The van der Waals surface area contributed by atoms with Gasteiger partial charge in [0.25, 0.3) is 0 Å². The van der Waals surface area contributed by atoms with Crippen LogP contribution in [0.25, 0.3) is 0 Å². The van der Waals surface area contributed by atoms with E-state index in [1.165, 1.54) is 0 Å². The highest BCUT2D eigenvalue weighted by atomic mass is 32.2. The molecule has 1 N–H and O–H groups in total. The normalized spacial score (nSPS) is 20.9. The molecule has 0 aromatic heterocycles. The van der Waals surface area contributed by atoms with E-state index < -0.39 is 10.0 Å². The van der Waals surface area contributed by atoms with E-state index in [1.54, 1.807) is 4.90 Å². The zero-order valence-corrected chi connectivity index (χ0v) is 10.3. The molecule has 1 aliphatic heterocycles. The summed E-state index contributed by atoms with van der Waals surface area (Å²) in [5, 5.41) is 0. The van der Waals surface area contributed by atoms with Gasteiger partial charge < -0.3 is 4.90 Å². The molecule has 6 heteroatoms. The average molecular weight is 254 g/mol. The van der Waals surface area contributed by atoms with Crippen LogP contribution in [-0.4, -0.2) is 33.2 Å². The van der Waals surface area contributed by atoms with Gasteiger partial charge >= 0.3 is 0 Å². The molecule has 2 rings (SSSR count). The molecule has 0 aliphatic carbocycles. The van der Waals surface area contributed by atoms with Gasteiger partial charge in [-0.3, -0.25) is 4.79 Å². The van der Waals surface area contributed by atoms with E-state index in [-0.39, 0.29) is 18.4 Å². The van der Waals surface area contributed by atoms with Gasteiger partial charge in [-0.25, -0.2) is 13.1 Å². The first-order chi connectivity index (χ1) is 7.96. The molecule has 1 heterocycles. The third-order valence-corrected chi connectivity index (χ3v) is 3.34. The maximum atomic E-state index is 11.8. The zero-order valence-electron chi connectivity index (χ0n) is 9.46. The highest BCUT2D eigenvalue weighted by molar-refractivity contribution is 7.88. The quantitative estimate of drug-likeness (QED) is 0.846. The largest absolute Gasteiger partial charge is 0.311 e. The number of carbonyl (C=O) groups is 1. The molecule has 1 fully saturated rings. The van der Waals surface area contributed by atoms with Crippen molar-refractivity contribution in [3.63, 3.8) is 0 Å². The third-order valence-electron chi connectivity index (χ3n) is 2.57. The molecule has 92 valence electrons. The molecule has 0 unspecified atom stereocenters. The van der Waals surface area contributed by atoms with E-state index in [0.717, 1.165) is 11.9 Å². The molecule has 1 amide bonds. The Labute approximate surface area is 100 Å². The van der Waals surface area contributed by atoms with Gasteiger partial charge in [0.15, 0.2) is 0 Å². The van der Waals surface area contributed by atoms with Crippen molar-refractivity contribution in [1.29, 1.82) is 0 Å². The number of para-hydroxylation sites is 1. The topological polar surface area (TPSA) is 66.5 Å². The standard InChI is InChI=1S/C11H14N2O3S/c1-17(15,16)12-9-7-11(14)13(8-9)10-5-3-2-4-6-10/h2-6,9,12H,7-8H2,1H3/t9-/m0/s1. The number of hydrogen-bond acceptors (Lipinski definition) is 3. The Morgan fingerprint density at radius 3 is 2.53 bits per heavy atom.